The van der Waals surface area contributed by atoms with Gasteiger partial charge in [-0.25, -0.2) is 0 Å². The van der Waals surface area contributed by atoms with Gasteiger partial charge < -0.3 is 15.5 Å². The van der Waals surface area contributed by atoms with E-state index in [1.165, 1.54) is 44.9 Å². The molecule has 0 radical (unpaired) electrons. The first-order valence-electron chi connectivity index (χ1n) is 11.3. The Morgan fingerprint density at radius 2 is 1.52 bits per heavy atom. The number of piperazine rings is 1. The van der Waals surface area contributed by atoms with E-state index in [2.05, 4.69) is 15.5 Å². The van der Waals surface area contributed by atoms with Crippen molar-refractivity contribution < 1.29 is 9.59 Å². The number of carbonyl (C=O) groups is 2. The van der Waals surface area contributed by atoms with Crippen LogP contribution < -0.4 is 10.6 Å². The van der Waals surface area contributed by atoms with E-state index >= 15 is 0 Å². The van der Waals surface area contributed by atoms with E-state index in [-0.39, 0.29) is 42.7 Å². The second-order valence-electron chi connectivity index (χ2n) is 9.11. The molecule has 2 aliphatic carbocycles. The number of hydrogen-bond donors (Lipinski definition) is 2. The average molecular weight is 449 g/mol. The number of fused-ring (bicyclic) bond motifs is 1. The summed E-state index contributed by atoms with van der Waals surface area (Å²) < 4.78 is 0. The number of nitrogens with zero attached hydrogens (tertiary/aromatic N) is 2. The number of hydrogen-bond acceptors (Lipinski definition) is 4. The molecular formula is C21H38Cl2N4O2. The van der Waals surface area contributed by atoms with Crippen LogP contribution in [-0.2, 0) is 9.59 Å². The Labute approximate surface area is 187 Å². The van der Waals surface area contributed by atoms with Crippen LogP contribution in [0.2, 0.25) is 0 Å². The second-order valence-corrected chi connectivity index (χ2v) is 9.11. The third kappa shape index (κ3) is 6.46. The molecule has 4 fully saturated rings. The van der Waals surface area contributed by atoms with Crippen molar-refractivity contribution in [2.24, 2.45) is 5.92 Å². The smallest absolute Gasteiger partial charge is 0.239 e. The summed E-state index contributed by atoms with van der Waals surface area (Å²) in [6, 6.07) is 0.975. The number of amides is 2. The number of halogens is 2. The average Bonchev–Trinajstić information content (AvgIpc) is 3.13. The quantitative estimate of drug-likeness (QED) is 0.692. The molecule has 2 saturated carbocycles. The highest BCUT2D eigenvalue weighted by atomic mass is 35.5. The molecule has 2 amide bonds. The van der Waals surface area contributed by atoms with Crippen molar-refractivity contribution >= 4 is 36.6 Å². The maximum absolute atomic E-state index is 12.9. The Morgan fingerprint density at radius 3 is 2.21 bits per heavy atom. The second kappa shape index (κ2) is 11.7. The topological polar surface area (TPSA) is 64.7 Å². The minimum Gasteiger partial charge on any atom is -0.352 e. The molecule has 8 heteroatoms. The molecule has 0 aromatic rings. The molecule has 2 aliphatic heterocycles. The van der Waals surface area contributed by atoms with E-state index in [4.69, 9.17) is 0 Å². The Balaban J connectivity index is 0.00000150. The van der Waals surface area contributed by atoms with E-state index in [1.54, 1.807) is 0 Å². The number of carbonyl (C=O) groups excluding carboxylic acids is 2. The van der Waals surface area contributed by atoms with Crippen molar-refractivity contribution in [3.63, 3.8) is 0 Å². The zero-order valence-corrected chi connectivity index (χ0v) is 19.1. The lowest BCUT2D eigenvalue weighted by Crippen LogP contribution is -2.55. The van der Waals surface area contributed by atoms with Gasteiger partial charge in [0.2, 0.25) is 11.8 Å². The van der Waals surface area contributed by atoms with Crippen LogP contribution in [0.1, 0.15) is 64.2 Å². The molecule has 0 aromatic carbocycles. The maximum atomic E-state index is 12.9. The summed E-state index contributed by atoms with van der Waals surface area (Å²) in [6.45, 7) is 3.60. The summed E-state index contributed by atoms with van der Waals surface area (Å²) >= 11 is 0. The third-order valence-electron chi connectivity index (χ3n) is 7.18. The molecule has 0 aromatic heterocycles. The minimum absolute atomic E-state index is 0. The standard InChI is InChI=1S/C21H36N4O2.2ClH/c26-20(22-17-7-2-1-3-8-17)15-24-10-12-25(13-11-24)21(27)19-14-16-6-4-5-9-18(16)23-19;;/h16-19,23H,1-15H2,(H,22,26);2*1H. The highest BCUT2D eigenvalue weighted by molar-refractivity contribution is 5.85. The van der Waals surface area contributed by atoms with Gasteiger partial charge >= 0.3 is 0 Å². The van der Waals surface area contributed by atoms with E-state index < -0.39 is 0 Å². The summed E-state index contributed by atoms with van der Waals surface area (Å²) in [6.07, 6.45) is 12.2. The highest BCUT2D eigenvalue weighted by Crippen LogP contribution is 2.33. The predicted octanol–water partition coefficient (Wildman–Crippen LogP) is 2.34. The summed E-state index contributed by atoms with van der Waals surface area (Å²) in [5.41, 5.74) is 0. The maximum Gasteiger partial charge on any atom is 0.239 e. The van der Waals surface area contributed by atoms with Gasteiger partial charge in [0.1, 0.15) is 0 Å². The zero-order valence-electron chi connectivity index (χ0n) is 17.4. The molecule has 3 atom stereocenters. The van der Waals surface area contributed by atoms with Crippen LogP contribution >= 0.6 is 24.8 Å². The fraction of sp³-hybridized carbons (Fsp3) is 0.905. The van der Waals surface area contributed by atoms with Gasteiger partial charge in [-0.05, 0) is 38.0 Å². The van der Waals surface area contributed by atoms with Crippen molar-refractivity contribution in [1.82, 2.24) is 20.4 Å². The first-order valence-corrected chi connectivity index (χ1v) is 11.3. The van der Waals surface area contributed by atoms with Crippen LogP contribution in [0.4, 0.5) is 0 Å². The summed E-state index contributed by atoms with van der Waals surface area (Å²) in [5, 5.41) is 6.81. The minimum atomic E-state index is 0. The molecular weight excluding hydrogens is 411 g/mol. The van der Waals surface area contributed by atoms with Crippen molar-refractivity contribution in [2.75, 3.05) is 32.7 Å². The fourth-order valence-electron chi connectivity index (χ4n) is 5.58. The van der Waals surface area contributed by atoms with E-state index in [0.29, 0.717) is 24.5 Å². The Hall–Kier alpha value is -0.560. The zero-order chi connectivity index (χ0) is 18.6. The molecule has 4 aliphatic rings. The van der Waals surface area contributed by atoms with Crippen molar-refractivity contribution in [1.29, 1.82) is 0 Å². The Kier molecular flexibility index (Phi) is 9.99. The first-order chi connectivity index (χ1) is 13.2. The molecule has 0 bridgehead atoms. The van der Waals surface area contributed by atoms with Crippen LogP contribution in [0.25, 0.3) is 0 Å². The predicted molar refractivity (Wildman–Crippen MR) is 120 cm³/mol. The lowest BCUT2D eigenvalue weighted by atomic mass is 9.85. The van der Waals surface area contributed by atoms with Crippen molar-refractivity contribution in [3.8, 4) is 0 Å². The van der Waals surface area contributed by atoms with Gasteiger partial charge in [-0.3, -0.25) is 14.5 Å². The van der Waals surface area contributed by atoms with Crippen LogP contribution in [0.5, 0.6) is 0 Å². The number of nitrogens with one attached hydrogen (secondary N) is 2. The van der Waals surface area contributed by atoms with Gasteiger partial charge in [-0.2, -0.15) is 0 Å². The van der Waals surface area contributed by atoms with Gasteiger partial charge in [0.05, 0.1) is 12.6 Å². The molecule has 0 spiro atoms. The molecule has 29 heavy (non-hydrogen) atoms. The summed E-state index contributed by atoms with van der Waals surface area (Å²) in [4.78, 5) is 29.4. The lowest BCUT2D eigenvalue weighted by molar-refractivity contribution is -0.135. The van der Waals surface area contributed by atoms with Crippen LogP contribution in [0, 0.1) is 5.92 Å². The highest BCUT2D eigenvalue weighted by Gasteiger charge is 2.40. The Bertz CT molecular complexity index is 523. The molecule has 4 rings (SSSR count). The van der Waals surface area contributed by atoms with Gasteiger partial charge in [0, 0.05) is 38.3 Å². The Morgan fingerprint density at radius 1 is 0.862 bits per heavy atom. The van der Waals surface area contributed by atoms with E-state index in [9.17, 15) is 9.59 Å². The fourth-order valence-corrected chi connectivity index (χ4v) is 5.58. The molecule has 6 nitrogen and oxygen atoms in total. The first kappa shape index (κ1) is 24.7. The summed E-state index contributed by atoms with van der Waals surface area (Å²) in [5.74, 6) is 1.15. The lowest BCUT2D eigenvalue weighted by Gasteiger charge is -2.36. The van der Waals surface area contributed by atoms with Crippen molar-refractivity contribution in [2.45, 2.75) is 82.3 Å². The molecule has 3 unspecified atom stereocenters. The number of rotatable bonds is 4. The SMILES string of the molecule is Cl.Cl.O=C(CN1CCN(C(=O)C2CC3CCCCC3N2)CC1)NC1CCCCC1. The van der Waals surface area contributed by atoms with Gasteiger partial charge in [-0.1, -0.05) is 32.1 Å². The van der Waals surface area contributed by atoms with E-state index in [1.807, 2.05) is 4.90 Å². The molecule has 2 saturated heterocycles. The largest absolute Gasteiger partial charge is 0.352 e. The van der Waals surface area contributed by atoms with Crippen LogP contribution in [0.15, 0.2) is 0 Å². The van der Waals surface area contributed by atoms with Crippen molar-refractivity contribution in [3.05, 3.63) is 0 Å². The normalized spacial score (nSPS) is 30.6. The van der Waals surface area contributed by atoms with Crippen LogP contribution in [-0.4, -0.2) is 72.5 Å². The molecule has 168 valence electrons. The van der Waals surface area contributed by atoms with E-state index in [0.717, 1.165) is 45.4 Å². The molecule has 2 heterocycles. The van der Waals surface area contributed by atoms with Gasteiger partial charge in [0.25, 0.3) is 0 Å². The van der Waals surface area contributed by atoms with Crippen LogP contribution in [0.3, 0.4) is 0 Å². The monoisotopic (exact) mass is 448 g/mol. The molecule has 2 N–H and O–H groups in total. The summed E-state index contributed by atoms with van der Waals surface area (Å²) in [7, 11) is 0. The van der Waals surface area contributed by atoms with Gasteiger partial charge in [0.15, 0.2) is 0 Å². The third-order valence-corrected chi connectivity index (χ3v) is 7.18. The van der Waals surface area contributed by atoms with Gasteiger partial charge in [-0.15, -0.1) is 24.8 Å².